The summed E-state index contributed by atoms with van der Waals surface area (Å²) in [5.74, 6) is 0.488. The van der Waals surface area contributed by atoms with Crippen molar-refractivity contribution in [1.29, 1.82) is 0 Å². The Balaban J connectivity index is 1.44. The lowest BCUT2D eigenvalue weighted by atomic mass is 9.94. The summed E-state index contributed by atoms with van der Waals surface area (Å²) in [7, 11) is 0. The number of amides is 1. The normalized spacial score (nSPS) is 17.5. The molecular formula is C29H35N5O2. The first kappa shape index (κ1) is 24.3. The molecule has 3 aromatic rings. The van der Waals surface area contributed by atoms with Crippen molar-refractivity contribution in [2.45, 2.75) is 51.6 Å². The Bertz CT molecular complexity index is 1260. The summed E-state index contributed by atoms with van der Waals surface area (Å²) in [6.45, 7) is 7.41. The highest BCUT2D eigenvalue weighted by Gasteiger charge is 2.26. The maximum atomic E-state index is 13.7. The van der Waals surface area contributed by atoms with Crippen LogP contribution in [0.2, 0.25) is 0 Å². The molecule has 0 unspecified atom stereocenters. The van der Waals surface area contributed by atoms with Gasteiger partial charge in [-0.15, -0.1) is 0 Å². The van der Waals surface area contributed by atoms with Gasteiger partial charge in [0.25, 0.3) is 11.5 Å². The van der Waals surface area contributed by atoms with Crippen LogP contribution in [0.25, 0.3) is 5.69 Å². The van der Waals surface area contributed by atoms with Crippen LogP contribution in [0.4, 0.5) is 5.82 Å². The van der Waals surface area contributed by atoms with Crippen molar-refractivity contribution in [3.05, 3.63) is 88.0 Å². The Morgan fingerprint density at radius 1 is 1.11 bits per heavy atom. The van der Waals surface area contributed by atoms with Crippen molar-refractivity contribution in [3.63, 3.8) is 0 Å². The Kier molecular flexibility index (Phi) is 7.18. The fourth-order valence-corrected chi connectivity index (χ4v) is 5.05. The van der Waals surface area contributed by atoms with E-state index >= 15 is 0 Å². The zero-order chi connectivity index (χ0) is 25.1. The molecule has 1 aliphatic carbocycles. The van der Waals surface area contributed by atoms with E-state index in [1.807, 2.05) is 37.3 Å². The molecule has 5 rings (SSSR count). The monoisotopic (exact) mass is 485 g/mol. The molecule has 2 atom stereocenters. The van der Waals surface area contributed by atoms with Gasteiger partial charge in [0.2, 0.25) is 0 Å². The minimum absolute atomic E-state index is 0.0559. The number of hydrogen-bond donors (Lipinski definition) is 2. The number of hydrogen-bond acceptors (Lipinski definition) is 5. The molecule has 2 N–H and O–H groups in total. The predicted octanol–water partition coefficient (Wildman–Crippen LogP) is 4.32. The molecule has 1 aliphatic heterocycles. The molecule has 188 valence electrons. The van der Waals surface area contributed by atoms with Crippen LogP contribution in [-0.2, 0) is 0 Å². The molecule has 2 heterocycles. The van der Waals surface area contributed by atoms with Gasteiger partial charge >= 0.3 is 0 Å². The number of rotatable bonds is 9. The van der Waals surface area contributed by atoms with Crippen LogP contribution < -0.4 is 16.2 Å². The molecule has 2 aromatic carbocycles. The molecule has 0 radical (unpaired) electrons. The lowest BCUT2D eigenvalue weighted by Crippen LogP contribution is -2.33. The number of aryl methyl sites for hydroxylation is 1. The minimum atomic E-state index is -0.227. The number of nitrogens with one attached hydrogen (secondary N) is 2. The maximum Gasteiger partial charge on any atom is 0.297 e. The first-order chi connectivity index (χ1) is 17.5. The number of benzene rings is 2. The summed E-state index contributed by atoms with van der Waals surface area (Å²) in [6, 6.07) is 16.0. The number of aromatic nitrogens is 2. The van der Waals surface area contributed by atoms with Crippen molar-refractivity contribution >= 4 is 11.7 Å². The summed E-state index contributed by atoms with van der Waals surface area (Å²) in [5.41, 5.74) is 3.07. The third-order valence-corrected chi connectivity index (χ3v) is 7.25. The second kappa shape index (κ2) is 10.7. The lowest BCUT2D eigenvalue weighted by molar-refractivity contribution is 0.0951. The van der Waals surface area contributed by atoms with E-state index in [0.717, 1.165) is 43.6 Å². The topological polar surface area (TPSA) is 79.3 Å². The van der Waals surface area contributed by atoms with Crippen LogP contribution in [0.5, 0.6) is 0 Å². The van der Waals surface area contributed by atoms with Crippen molar-refractivity contribution < 1.29 is 4.79 Å². The van der Waals surface area contributed by atoms with Gasteiger partial charge in [-0.1, -0.05) is 43.3 Å². The van der Waals surface area contributed by atoms with Gasteiger partial charge < -0.3 is 15.5 Å². The van der Waals surface area contributed by atoms with Gasteiger partial charge in [0.05, 0.1) is 11.7 Å². The molecule has 2 fully saturated rings. The lowest BCUT2D eigenvalue weighted by Gasteiger charge is -2.29. The number of carbonyl (C=O) groups is 1. The van der Waals surface area contributed by atoms with E-state index in [4.69, 9.17) is 0 Å². The van der Waals surface area contributed by atoms with Gasteiger partial charge in [-0.25, -0.2) is 4.98 Å². The first-order valence-corrected chi connectivity index (χ1v) is 13.0. The molecule has 1 saturated heterocycles. The third-order valence-electron chi connectivity index (χ3n) is 7.25. The summed E-state index contributed by atoms with van der Waals surface area (Å²) in [5, 5.41) is 6.51. The predicted molar refractivity (Wildman–Crippen MR) is 143 cm³/mol. The average molecular weight is 486 g/mol. The van der Waals surface area contributed by atoms with Crippen molar-refractivity contribution in [1.82, 2.24) is 19.8 Å². The Morgan fingerprint density at radius 3 is 2.58 bits per heavy atom. The SMILES string of the molecule is Cc1ccc(C(=O)NC2CC2)cc1-n1ccnc(N[C@@H](c2ccccc2)[C@@H](C)CN2CCCC2)c1=O. The smallest absolute Gasteiger partial charge is 0.297 e. The zero-order valence-corrected chi connectivity index (χ0v) is 21.1. The number of nitrogens with zero attached hydrogens (tertiary/aromatic N) is 3. The van der Waals surface area contributed by atoms with Gasteiger partial charge in [0.1, 0.15) is 0 Å². The summed E-state index contributed by atoms with van der Waals surface area (Å²) >= 11 is 0. The van der Waals surface area contributed by atoms with Crippen LogP contribution >= 0.6 is 0 Å². The summed E-state index contributed by atoms with van der Waals surface area (Å²) in [4.78, 5) is 33.2. The van der Waals surface area contributed by atoms with Crippen LogP contribution in [0, 0.1) is 12.8 Å². The standard InChI is InChI=1S/C29H35N5O2/c1-20-10-11-23(28(35)31-24-12-13-24)18-25(20)34-17-14-30-27(29(34)36)32-26(22-8-4-3-5-9-22)21(2)19-33-15-6-7-16-33/h3-5,8-11,14,17-18,21,24,26H,6-7,12-13,15-16,19H2,1-2H3,(H,30,32)(H,31,35)/t21-,26+/m0/s1. The molecule has 1 amide bonds. The molecule has 0 bridgehead atoms. The van der Waals surface area contributed by atoms with Crippen molar-refractivity contribution in [2.24, 2.45) is 5.92 Å². The minimum Gasteiger partial charge on any atom is -0.358 e. The van der Waals surface area contributed by atoms with Crippen LogP contribution in [0.1, 0.15) is 60.1 Å². The fourth-order valence-electron chi connectivity index (χ4n) is 5.05. The van der Waals surface area contributed by atoms with Gasteiger partial charge in [-0.05, 0) is 74.9 Å². The highest BCUT2D eigenvalue weighted by atomic mass is 16.2. The van der Waals surface area contributed by atoms with Crippen LogP contribution in [0.3, 0.4) is 0 Å². The van der Waals surface area contributed by atoms with E-state index in [2.05, 4.69) is 39.6 Å². The average Bonchev–Trinajstić information content (AvgIpc) is 3.55. The van der Waals surface area contributed by atoms with E-state index in [-0.39, 0.29) is 29.5 Å². The number of carbonyl (C=O) groups excluding carboxylic acids is 1. The van der Waals surface area contributed by atoms with E-state index in [1.165, 1.54) is 12.8 Å². The molecule has 0 spiro atoms. The van der Waals surface area contributed by atoms with E-state index in [0.29, 0.717) is 17.1 Å². The number of anilines is 1. The van der Waals surface area contributed by atoms with E-state index in [9.17, 15) is 9.59 Å². The zero-order valence-electron chi connectivity index (χ0n) is 21.1. The Hall–Kier alpha value is -3.45. The first-order valence-electron chi connectivity index (χ1n) is 13.0. The molecule has 2 aliphatic rings. The number of likely N-dealkylation sites (tertiary alicyclic amines) is 1. The van der Waals surface area contributed by atoms with Crippen LogP contribution in [0.15, 0.2) is 65.7 Å². The second-order valence-corrected chi connectivity index (χ2v) is 10.2. The third kappa shape index (κ3) is 5.51. The summed E-state index contributed by atoms with van der Waals surface area (Å²) < 4.78 is 1.59. The van der Waals surface area contributed by atoms with Gasteiger partial charge in [-0.3, -0.25) is 14.2 Å². The van der Waals surface area contributed by atoms with Crippen LogP contribution in [-0.4, -0.2) is 46.0 Å². The molecule has 1 aromatic heterocycles. The molecule has 7 nitrogen and oxygen atoms in total. The van der Waals surface area contributed by atoms with E-state index in [1.54, 1.807) is 23.0 Å². The quantitative estimate of drug-likeness (QED) is 0.472. The van der Waals surface area contributed by atoms with E-state index < -0.39 is 0 Å². The van der Waals surface area contributed by atoms with Crippen molar-refractivity contribution in [3.8, 4) is 5.69 Å². The Morgan fingerprint density at radius 2 is 1.86 bits per heavy atom. The summed E-state index contributed by atoms with van der Waals surface area (Å²) in [6.07, 6.45) is 7.87. The second-order valence-electron chi connectivity index (χ2n) is 10.2. The molecule has 36 heavy (non-hydrogen) atoms. The van der Waals surface area contributed by atoms with Gasteiger partial charge in [0, 0.05) is 30.5 Å². The highest BCUT2D eigenvalue weighted by molar-refractivity contribution is 5.95. The van der Waals surface area contributed by atoms with Gasteiger partial charge in [0.15, 0.2) is 5.82 Å². The molecular weight excluding hydrogens is 450 g/mol. The maximum absolute atomic E-state index is 13.7. The van der Waals surface area contributed by atoms with Crippen molar-refractivity contribution in [2.75, 3.05) is 25.0 Å². The highest BCUT2D eigenvalue weighted by Crippen LogP contribution is 2.27. The Labute approximate surface area is 212 Å². The fraction of sp³-hybridized carbons (Fsp3) is 0.414. The molecule has 7 heteroatoms. The molecule has 1 saturated carbocycles. The largest absolute Gasteiger partial charge is 0.358 e. The van der Waals surface area contributed by atoms with Gasteiger partial charge in [-0.2, -0.15) is 0 Å².